The molecule has 1 aliphatic rings. The van der Waals surface area contributed by atoms with Crippen LogP contribution in [-0.4, -0.2) is 31.2 Å². The van der Waals surface area contributed by atoms with Crippen molar-refractivity contribution < 1.29 is 9.53 Å². The molecule has 3 N–H and O–H groups in total. The van der Waals surface area contributed by atoms with Gasteiger partial charge in [0.15, 0.2) is 0 Å². The van der Waals surface area contributed by atoms with Gasteiger partial charge in [-0.05, 0) is 37.8 Å². The smallest absolute Gasteiger partial charge is 0.254 e. The van der Waals surface area contributed by atoms with Crippen molar-refractivity contribution in [2.45, 2.75) is 37.8 Å². The molecule has 0 saturated heterocycles. The van der Waals surface area contributed by atoms with E-state index in [-0.39, 0.29) is 12.0 Å². The molecular weight excluding hydrogens is 311 g/mol. The van der Waals surface area contributed by atoms with Crippen LogP contribution in [0, 0.1) is 0 Å². The zero-order valence-corrected chi connectivity index (χ0v) is 13.3. The van der Waals surface area contributed by atoms with Gasteiger partial charge < -0.3 is 15.8 Å². The van der Waals surface area contributed by atoms with E-state index >= 15 is 0 Å². The molecule has 1 fully saturated rings. The lowest BCUT2D eigenvalue weighted by atomic mass is 9.94. The Morgan fingerprint density at radius 2 is 1.86 bits per heavy atom. The van der Waals surface area contributed by atoms with E-state index in [9.17, 15) is 4.79 Å². The number of nitrogens with one attached hydrogen (secondary N) is 1. The summed E-state index contributed by atoms with van der Waals surface area (Å²) in [5.41, 5.74) is 6.16. The van der Waals surface area contributed by atoms with Crippen LogP contribution in [0.25, 0.3) is 0 Å². The van der Waals surface area contributed by atoms with Crippen molar-refractivity contribution in [3.63, 3.8) is 0 Å². The van der Waals surface area contributed by atoms with Crippen LogP contribution in [-0.2, 0) is 4.74 Å². The number of carbonyl (C=O) groups is 1. The largest absolute Gasteiger partial charge is 0.376 e. The van der Waals surface area contributed by atoms with Crippen molar-refractivity contribution in [3.8, 4) is 0 Å². The van der Waals surface area contributed by atoms with Gasteiger partial charge in [0.05, 0.1) is 28.3 Å². The first-order valence-electron chi connectivity index (χ1n) is 7.17. The Balaban J connectivity index is 1.72. The highest BCUT2D eigenvalue weighted by atomic mass is 35.5. The van der Waals surface area contributed by atoms with Crippen LogP contribution >= 0.6 is 23.2 Å². The van der Waals surface area contributed by atoms with Gasteiger partial charge in [0.2, 0.25) is 0 Å². The lowest BCUT2D eigenvalue weighted by Gasteiger charge is -2.26. The molecule has 1 aliphatic carbocycles. The third kappa shape index (κ3) is 4.85. The minimum Gasteiger partial charge on any atom is -0.376 e. The highest BCUT2D eigenvalue weighted by molar-refractivity contribution is 6.39. The quantitative estimate of drug-likeness (QED) is 0.815. The molecule has 1 aromatic rings. The topological polar surface area (TPSA) is 64.3 Å². The summed E-state index contributed by atoms with van der Waals surface area (Å²) in [4.78, 5) is 12.0. The minimum atomic E-state index is -0.278. The standard InChI is InChI=1S/C15H20Cl2N2O2/c16-12-2-1-3-13(17)14(12)15(20)19-8-9-21-11-6-4-10(18)5-7-11/h1-3,10-11H,4-9,18H2,(H,19,20). The number of carbonyl (C=O) groups excluding carboxylic acids is 1. The lowest BCUT2D eigenvalue weighted by molar-refractivity contribution is 0.0267. The van der Waals surface area contributed by atoms with Crippen LogP contribution in [0.2, 0.25) is 10.0 Å². The third-order valence-corrected chi connectivity index (χ3v) is 4.28. The maximum Gasteiger partial charge on any atom is 0.254 e. The molecule has 6 heteroatoms. The van der Waals surface area contributed by atoms with Crippen molar-refractivity contribution in [2.24, 2.45) is 5.73 Å². The summed E-state index contributed by atoms with van der Waals surface area (Å²) >= 11 is 12.0. The van der Waals surface area contributed by atoms with Crippen molar-refractivity contribution in [2.75, 3.05) is 13.2 Å². The van der Waals surface area contributed by atoms with E-state index in [4.69, 9.17) is 33.7 Å². The third-order valence-electron chi connectivity index (χ3n) is 3.65. The second-order valence-electron chi connectivity index (χ2n) is 5.26. The van der Waals surface area contributed by atoms with Gasteiger partial charge in [-0.1, -0.05) is 29.3 Å². The summed E-state index contributed by atoms with van der Waals surface area (Å²) in [5.74, 6) is -0.278. The van der Waals surface area contributed by atoms with Crippen LogP contribution in [0.1, 0.15) is 36.0 Å². The molecule has 116 valence electrons. The van der Waals surface area contributed by atoms with Crippen molar-refractivity contribution in [1.82, 2.24) is 5.32 Å². The maximum atomic E-state index is 12.0. The Labute approximate surface area is 134 Å². The zero-order valence-electron chi connectivity index (χ0n) is 11.8. The van der Waals surface area contributed by atoms with E-state index in [2.05, 4.69) is 5.32 Å². The Hall–Kier alpha value is -0.810. The van der Waals surface area contributed by atoms with Gasteiger partial charge in [0.25, 0.3) is 5.91 Å². The molecule has 0 bridgehead atoms. The molecule has 0 spiro atoms. The predicted molar refractivity (Wildman–Crippen MR) is 85.0 cm³/mol. The Bertz CT molecular complexity index is 468. The molecule has 2 rings (SSSR count). The normalized spacial score (nSPS) is 22.0. The Morgan fingerprint density at radius 1 is 1.24 bits per heavy atom. The molecule has 0 aromatic heterocycles. The number of ether oxygens (including phenoxy) is 1. The molecule has 4 nitrogen and oxygen atoms in total. The molecule has 0 aliphatic heterocycles. The number of amides is 1. The zero-order chi connectivity index (χ0) is 15.2. The van der Waals surface area contributed by atoms with E-state index in [0.29, 0.717) is 34.8 Å². The SMILES string of the molecule is NC1CCC(OCCNC(=O)c2c(Cl)cccc2Cl)CC1. The lowest BCUT2D eigenvalue weighted by Crippen LogP contribution is -2.33. The van der Waals surface area contributed by atoms with Crippen LogP contribution < -0.4 is 11.1 Å². The van der Waals surface area contributed by atoms with Crippen LogP contribution in [0.15, 0.2) is 18.2 Å². The highest BCUT2D eigenvalue weighted by Crippen LogP contribution is 2.24. The number of hydrogen-bond acceptors (Lipinski definition) is 3. The Morgan fingerprint density at radius 3 is 2.48 bits per heavy atom. The number of rotatable bonds is 5. The number of halogens is 2. The fourth-order valence-electron chi connectivity index (χ4n) is 2.45. The van der Waals surface area contributed by atoms with Crippen molar-refractivity contribution in [3.05, 3.63) is 33.8 Å². The van der Waals surface area contributed by atoms with Gasteiger partial charge in [-0.2, -0.15) is 0 Å². The van der Waals surface area contributed by atoms with E-state index in [0.717, 1.165) is 25.7 Å². The first-order chi connectivity index (χ1) is 10.1. The van der Waals surface area contributed by atoms with Crippen molar-refractivity contribution in [1.29, 1.82) is 0 Å². The maximum absolute atomic E-state index is 12.0. The molecule has 0 atom stereocenters. The average molecular weight is 331 g/mol. The minimum absolute atomic E-state index is 0.255. The number of nitrogens with two attached hydrogens (primary N) is 1. The average Bonchev–Trinajstić information content (AvgIpc) is 2.45. The van der Waals surface area contributed by atoms with Gasteiger partial charge in [-0.15, -0.1) is 0 Å². The molecular formula is C15H20Cl2N2O2. The summed E-state index contributed by atoms with van der Waals surface area (Å²) in [7, 11) is 0. The van der Waals surface area contributed by atoms with E-state index < -0.39 is 0 Å². The highest BCUT2D eigenvalue weighted by Gasteiger charge is 2.19. The van der Waals surface area contributed by atoms with Crippen LogP contribution in [0.5, 0.6) is 0 Å². The summed E-state index contributed by atoms with van der Waals surface area (Å²) in [6, 6.07) is 5.30. The van der Waals surface area contributed by atoms with E-state index in [1.807, 2.05) is 0 Å². The Kier molecular flexibility index (Phi) is 6.30. The van der Waals surface area contributed by atoms with Crippen LogP contribution in [0.3, 0.4) is 0 Å². The fourth-order valence-corrected chi connectivity index (χ4v) is 3.02. The van der Waals surface area contributed by atoms with Gasteiger partial charge in [0.1, 0.15) is 0 Å². The van der Waals surface area contributed by atoms with Crippen LogP contribution in [0.4, 0.5) is 0 Å². The van der Waals surface area contributed by atoms with Gasteiger partial charge >= 0.3 is 0 Å². The second kappa shape index (κ2) is 7.99. The predicted octanol–water partition coefficient (Wildman–Crippen LogP) is 3.01. The fraction of sp³-hybridized carbons (Fsp3) is 0.533. The summed E-state index contributed by atoms with van der Waals surface area (Å²) in [6.07, 6.45) is 4.25. The van der Waals surface area contributed by atoms with Gasteiger partial charge in [0, 0.05) is 12.6 Å². The summed E-state index contributed by atoms with van der Waals surface area (Å²) < 4.78 is 5.74. The first-order valence-corrected chi connectivity index (χ1v) is 7.93. The van der Waals surface area contributed by atoms with Gasteiger partial charge in [-0.3, -0.25) is 4.79 Å². The van der Waals surface area contributed by atoms with Gasteiger partial charge in [-0.25, -0.2) is 0 Å². The summed E-state index contributed by atoms with van der Waals surface area (Å²) in [6.45, 7) is 0.913. The molecule has 1 amide bonds. The monoisotopic (exact) mass is 330 g/mol. The van der Waals surface area contributed by atoms with Crippen molar-refractivity contribution >= 4 is 29.1 Å². The number of benzene rings is 1. The molecule has 0 unspecified atom stereocenters. The molecule has 21 heavy (non-hydrogen) atoms. The molecule has 1 saturated carbocycles. The second-order valence-corrected chi connectivity index (χ2v) is 6.07. The number of hydrogen-bond donors (Lipinski definition) is 2. The first kappa shape index (κ1) is 16.6. The summed E-state index contributed by atoms with van der Waals surface area (Å²) in [5, 5.41) is 3.47. The molecule has 0 heterocycles. The van der Waals surface area contributed by atoms with E-state index in [1.165, 1.54) is 0 Å². The van der Waals surface area contributed by atoms with E-state index in [1.54, 1.807) is 18.2 Å². The molecule has 1 aromatic carbocycles. The molecule has 0 radical (unpaired) electrons.